The van der Waals surface area contributed by atoms with E-state index in [1.54, 1.807) is 6.92 Å². The van der Waals surface area contributed by atoms with Crippen molar-refractivity contribution in [3.05, 3.63) is 91.0 Å². The van der Waals surface area contributed by atoms with Crippen LogP contribution in [0, 0.1) is 0 Å². The van der Waals surface area contributed by atoms with Crippen LogP contribution < -0.4 is 15.9 Å². The van der Waals surface area contributed by atoms with Gasteiger partial charge in [0.05, 0.1) is 5.56 Å². The fraction of sp³-hybridized carbons (Fsp3) is 0.0952. The van der Waals surface area contributed by atoms with E-state index in [-0.39, 0.29) is 5.78 Å². The third kappa shape index (κ3) is 2.83. The van der Waals surface area contributed by atoms with E-state index in [2.05, 4.69) is 36.4 Å². The van der Waals surface area contributed by atoms with Crippen molar-refractivity contribution in [3.63, 3.8) is 0 Å². The summed E-state index contributed by atoms with van der Waals surface area (Å²) in [6.45, 7) is 1.59. The SMILES string of the molecule is [B]C(C(C)=O)[P+](c1ccccc1)(c1ccccc1)c1ccccc1. The van der Waals surface area contributed by atoms with Crippen molar-refractivity contribution in [2.24, 2.45) is 0 Å². The van der Waals surface area contributed by atoms with Crippen LogP contribution in [0.5, 0.6) is 0 Å². The molecule has 0 amide bonds. The molecule has 0 aliphatic carbocycles. The molecule has 0 N–H and O–H groups in total. The first-order valence-electron chi connectivity index (χ1n) is 7.99. The van der Waals surface area contributed by atoms with Crippen LogP contribution in [0.4, 0.5) is 0 Å². The molecule has 1 unspecified atom stereocenters. The summed E-state index contributed by atoms with van der Waals surface area (Å²) in [7, 11) is 4.32. The zero-order chi connectivity index (χ0) is 17.0. The Morgan fingerprint density at radius 3 is 1.25 bits per heavy atom. The molecule has 116 valence electrons. The van der Waals surface area contributed by atoms with Crippen LogP contribution in [0.15, 0.2) is 91.0 Å². The van der Waals surface area contributed by atoms with E-state index in [0.717, 1.165) is 15.9 Å². The Hall–Kier alpha value is -2.18. The smallest absolute Gasteiger partial charge is 0.161 e. The van der Waals surface area contributed by atoms with E-state index >= 15 is 0 Å². The predicted octanol–water partition coefficient (Wildman–Crippen LogP) is 3.06. The lowest BCUT2D eigenvalue weighted by atomic mass is 10.0. The fourth-order valence-corrected chi connectivity index (χ4v) is 7.52. The fourth-order valence-electron chi connectivity index (χ4n) is 3.19. The summed E-state index contributed by atoms with van der Waals surface area (Å²) in [4.78, 5) is 12.4. The molecule has 0 saturated carbocycles. The molecule has 3 aromatic rings. The van der Waals surface area contributed by atoms with Gasteiger partial charge < -0.3 is 0 Å². The predicted molar refractivity (Wildman–Crippen MR) is 105 cm³/mol. The first-order chi connectivity index (χ1) is 11.7. The molecular formula is C21H19BOP+. The van der Waals surface area contributed by atoms with Gasteiger partial charge in [0.25, 0.3) is 0 Å². The molecule has 1 nitrogen and oxygen atoms in total. The Balaban J connectivity index is 2.39. The Morgan fingerprint density at radius 2 is 1.00 bits per heavy atom. The van der Waals surface area contributed by atoms with Gasteiger partial charge >= 0.3 is 0 Å². The molecule has 0 aliphatic heterocycles. The molecule has 2 radical (unpaired) electrons. The van der Waals surface area contributed by atoms with E-state index in [9.17, 15) is 4.79 Å². The van der Waals surface area contributed by atoms with E-state index in [0.29, 0.717) is 0 Å². The highest BCUT2D eigenvalue weighted by Crippen LogP contribution is 2.58. The Bertz CT molecular complexity index is 706. The standard InChI is InChI=1S/C21H19BOP/c1-17(23)21(22)24(18-11-5-2-6-12-18,19-13-7-3-8-14-19)20-15-9-4-10-16-20/h2-16,21H,1H3/q+1. The van der Waals surface area contributed by atoms with Gasteiger partial charge in [0.15, 0.2) is 5.78 Å². The van der Waals surface area contributed by atoms with Crippen LogP contribution in [0.25, 0.3) is 0 Å². The topological polar surface area (TPSA) is 17.1 Å². The maximum Gasteiger partial charge on any atom is 0.161 e. The summed E-state index contributed by atoms with van der Waals surface area (Å²) < 4.78 is 0. The minimum Gasteiger partial charge on any atom is -0.296 e. The Kier molecular flexibility index (Phi) is 4.97. The van der Waals surface area contributed by atoms with Crippen molar-refractivity contribution in [1.82, 2.24) is 0 Å². The first kappa shape index (κ1) is 16.7. The van der Waals surface area contributed by atoms with Crippen LogP contribution in [0.1, 0.15) is 6.92 Å². The average molecular weight is 329 g/mol. The van der Waals surface area contributed by atoms with E-state index in [1.807, 2.05) is 54.6 Å². The van der Waals surface area contributed by atoms with E-state index < -0.39 is 12.8 Å². The monoisotopic (exact) mass is 329 g/mol. The van der Waals surface area contributed by atoms with Crippen LogP contribution in [0.3, 0.4) is 0 Å². The van der Waals surface area contributed by atoms with Crippen molar-refractivity contribution >= 4 is 36.8 Å². The molecule has 0 aliphatic rings. The van der Waals surface area contributed by atoms with Crippen molar-refractivity contribution in [2.75, 3.05) is 0 Å². The molecule has 0 fully saturated rings. The number of carbonyl (C=O) groups is 1. The summed E-state index contributed by atoms with van der Waals surface area (Å²) >= 11 is 0. The van der Waals surface area contributed by atoms with Crippen molar-refractivity contribution in [3.8, 4) is 0 Å². The number of benzene rings is 3. The van der Waals surface area contributed by atoms with Gasteiger partial charge in [-0.2, -0.15) is 0 Å². The van der Waals surface area contributed by atoms with Gasteiger partial charge in [0, 0.05) is 0 Å². The minimum absolute atomic E-state index is 0.0138. The van der Waals surface area contributed by atoms with Gasteiger partial charge in [0.2, 0.25) is 0 Å². The second-order valence-corrected chi connectivity index (χ2v) is 9.34. The average Bonchev–Trinajstić information content (AvgIpc) is 2.65. The molecule has 0 heterocycles. The van der Waals surface area contributed by atoms with Gasteiger partial charge in [-0.05, 0) is 43.3 Å². The van der Waals surface area contributed by atoms with Crippen molar-refractivity contribution in [1.29, 1.82) is 0 Å². The maximum atomic E-state index is 12.4. The van der Waals surface area contributed by atoms with Crippen LogP contribution in [0.2, 0.25) is 0 Å². The van der Waals surface area contributed by atoms with Gasteiger partial charge in [-0.15, -0.1) is 0 Å². The Labute approximate surface area is 145 Å². The third-order valence-electron chi connectivity index (χ3n) is 4.32. The molecule has 0 bridgehead atoms. The molecule has 3 rings (SSSR count). The molecule has 3 heteroatoms. The maximum absolute atomic E-state index is 12.4. The van der Waals surface area contributed by atoms with E-state index in [1.165, 1.54) is 0 Å². The summed E-state index contributed by atoms with van der Waals surface area (Å²) in [6.07, 6.45) is 0. The summed E-state index contributed by atoms with van der Waals surface area (Å²) in [5.41, 5.74) is -0.565. The lowest BCUT2D eigenvalue weighted by Crippen LogP contribution is -2.42. The minimum atomic E-state index is -2.27. The summed E-state index contributed by atoms with van der Waals surface area (Å²) in [5, 5.41) is 3.39. The molecule has 24 heavy (non-hydrogen) atoms. The second-order valence-electron chi connectivity index (χ2n) is 5.78. The number of rotatable bonds is 5. The number of hydrogen-bond acceptors (Lipinski definition) is 1. The lowest BCUT2D eigenvalue weighted by molar-refractivity contribution is -0.115. The Morgan fingerprint density at radius 1 is 0.708 bits per heavy atom. The highest BCUT2D eigenvalue weighted by Gasteiger charge is 2.51. The van der Waals surface area contributed by atoms with Gasteiger partial charge in [-0.25, -0.2) is 0 Å². The molecule has 0 aromatic heterocycles. The van der Waals surface area contributed by atoms with Crippen LogP contribution in [-0.4, -0.2) is 19.2 Å². The number of Topliss-reactive ketones (excluding diaryl/α,β-unsaturated/α-hetero) is 1. The second kappa shape index (κ2) is 7.15. The van der Waals surface area contributed by atoms with Crippen LogP contribution in [-0.2, 0) is 4.79 Å². The van der Waals surface area contributed by atoms with Gasteiger partial charge in [0.1, 0.15) is 31.0 Å². The third-order valence-corrected chi connectivity index (χ3v) is 8.86. The largest absolute Gasteiger partial charge is 0.296 e. The highest BCUT2D eigenvalue weighted by molar-refractivity contribution is 7.97. The zero-order valence-corrected chi connectivity index (χ0v) is 14.6. The highest BCUT2D eigenvalue weighted by atomic mass is 31.2. The first-order valence-corrected chi connectivity index (χ1v) is 9.85. The number of ketones is 1. The van der Waals surface area contributed by atoms with Crippen molar-refractivity contribution < 1.29 is 4.79 Å². The van der Waals surface area contributed by atoms with Crippen molar-refractivity contribution in [2.45, 2.75) is 12.5 Å². The normalized spacial score (nSPS) is 12.5. The van der Waals surface area contributed by atoms with Crippen LogP contribution >= 0.6 is 7.26 Å². The summed E-state index contributed by atoms with van der Waals surface area (Å²) in [6, 6.07) is 30.6. The van der Waals surface area contributed by atoms with Gasteiger partial charge in [-0.3, -0.25) is 4.79 Å². The number of carbonyl (C=O) groups excluding carboxylic acids is 1. The molecule has 0 saturated heterocycles. The van der Waals surface area contributed by atoms with Gasteiger partial charge in [-0.1, -0.05) is 54.6 Å². The molecular weight excluding hydrogens is 310 g/mol. The van der Waals surface area contributed by atoms with E-state index in [4.69, 9.17) is 7.85 Å². The summed E-state index contributed by atoms with van der Waals surface area (Å²) in [5.74, 6) is 0.0138. The molecule has 1 atom stereocenters. The molecule has 0 spiro atoms. The lowest BCUT2D eigenvalue weighted by Gasteiger charge is -2.32. The quantitative estimate of drug-likeness (QED) is 0.519. The number of hydrogen-bond donors (Lipinski definition) is 0. The molecule has 3 aromatic carbocycles. The zero-order valence-electron chi connectivity index (χ0n) is 13.7.